The first kappa shape index (κ1) is 16.0. The van der Waals surface area contributed by atoms with E-state index in [1.807, 2.05) is 12.3 Å². The summed E-state index contributed by atoms with van der Waals surface area (Å²) in [6, 6.07) is 16.8. The molecule has 0 radical (unpaired) electrons. The summed E-state index contributed by atoms with van der Waals surface area (Å²) >= 11 is 0. The van der Waals surface area contributed by atoms with Crippen molar-refractivity contribution >= 4 is 16.7 Å². The molecule has 1 fully saturated rings. The normalized spacial score (nSPS) is 18.3. The lowest BCUT2D eigenvalue weighted by Crippen LogP contribution is -2.26. The molecule has 0 bridgehead atoms. The molecule has 1 saturated heterocycles. The second-order valence-electron chi connectivity index (χ2n) is 6.77. The van der Waals surface area contributed by atoms with Crippen LogP contribution in [0.25, 0.3) is 22.0 Å². The molecule has 1 atom stereocenters. The topological polar surface area (TPSA) is 49.2 Å². The number of rotatable bonds is 3. The second kappa shape index (κ2) is 7.19. The van der Waals surface area contributed by atoms with Crippen LogP contribution in [0.2, 0.25) is 0 Å². The van der Waals surface area contributed by atoms with Crippen LogP contribution in [0, 0.1) is 5.92 Å². The molecule has 1 aromatic heterocycles. The van der Waals surface area contributed by atoms with E-state index in [9.17, 15) is 5.11 Å². The average Bonchev–Trinajstić information content (AvgIpc) is 2.93. The van der Waals surface area contributed by atoms with Crippen LogP contribution < -0.4 is 4.90 Å². The summed E-state index contributed by atoms with van der Waals surface area (Å²) in [5.41, 5.74) is 2.07. The van der Waals surface area contributed by atoms with Gasteiger partial charge in [-0.05, 0) is 48.1 Å². The van der Waals surface area contributed by atoms with Crippen LogP contribution >= 0.6 is 0 Å². The first-order valence-electron chi connectivity index (χ1n) is 9.01. The fourth-order valence-electron chi connectivity index (χ4n) is 3.56. The Bertz CT molecular complexity index is 864. The zero-order chi connectivity index (χ0) is 17.1. The molecule has 0 amide bonds. The number of aliphatic hydroxyl groups excluding tert-OH is 1. The predicted molar refractivity (Wildman–Crippen MR) is 102 cm³/mol. The summed E-state index contributed by atoms with van der Waals surface area (Å²) < 4.78 is 0. The molecule has 2 aromatic carbocycles. The van der Waals surface area contributed by atoms with Gasteiger partial charge in [0.2, 0.25) is 5.95 Å². The first-order valence-corrected chi connectivity index (χ1v) is 9.01. The summed E-state index contributed by atoms with van der Waals surface area (Å²) in [7, 11) is 0. The number of anilines is 1. The van der Waals surface area contributed by atoms with Gasteiger partial charge in [-0.1, -0.05) is 36.4 Å². The van der Waals surface area contributed by atoms with Crippen LogP contribution in [0.4, 0.5) is 5.95 Å². The molecule has 128 valence electrons. The smallest absolute Gasteiger partial charge is 0.225 e. The molecule has 25 heavy (non-hydrogen) atoms. The fraction of sp³-hybridized carbons (Fsp3) is 0.333. The van der Waals surface area contributed by atoms with Gasteiger partial charge < -0.3 is 10.0 Å². The van der Waals surface area contributed by atoms with Crippen molar-refractivity contribution < 1.29 is 5.11 Å². The van der Waals surface area contributed by atoms with Crippen LogP contribution in [0.3, 0.4) is 0 Å². The molecule has 4 nitrogen and oxygen atoms in total. The molecule has 0 spiro atoms. The van der Waals surface area contributed by atoms with E-state index in [1.165, 1.54) is 10.8 Å². The van der Waals surface area contributed by atoms with E-state index in [-0.39, 0.29) is 6.61 Å². The largest absolute Gasteiger partial charge is 0.396 e. The SMILES string of the molecule is OCC1CCCN(c2nccc(-c3ccc4ccccc4c3)n2)CC1. The van der Waals surface area contributed by atoms with E-state index in [1.54, 1.807) is 0 Å². The van der Waals surface area contributed by atoms with Crippen molar-refractivity contribution in [2.45, 2.75) is 19.3 Å². The fourth-order valence-corrected chi connectivity index (χ4v) is 3.56. The number of aromatic nitrogens is 2. The van der Waals surface area contributed by atoms with Gasteiger partial charge in [0.1, 0.15) is 0 Å². The number of hydrogen-bond acceptors (Lipinski definition) is 4. The van der Waals surface area contributed by atoms with Crippen molar-refractivity contribution in [1.29, 1.82) is 0 Å². The summed E-state index contributed by atoms with van der Waals surface area (Å²) in [6.45, 7) is 2.15. The Labute approximate surface area is 148 Å². The maximum Gasteiger partial charge on any atom is 0.225 e. The van der Waals surface area contributed by atoms with Gasteiger partial charge in [-0.3, -0.25) is 0 Å². The van der Waals surface area contributed by atoms with Crippen LogP contribution in [0.1, 0.15) is 19.3 Å². The quantitative estimate of drug-likeness (QED) is 0.790. The van der Waals surface area contributed by atoms with Crippen LogP contribution in [-0.2, 0) is 0 Å². The Hall–Kier alpha value is -2.46. The number of hydrogen-bond donors (Lipinski definition) is 1. The van der Waals surface area contributed by atoms with Crippen LogP contribution in [0.5, 0.6) is 0 Å². The Morgan fingerprint density at radius 3 is 2.76 bits per heavy atom. The Balaban J connectivity index is 1.62. The van der Waals surface area contributed by atoms with E-state index in [2.05, 4.69) is 52.3 Å². The zero-order valence-electron chi connectivity index (χ0n) is 14.3. The highest BCUT2D eigenvalue weighted by Crippen LogP contribution is 2.25. The zero-order valence-corrected chi connectivity index (χ0v) is 14.3. The minimum Gasteiger partial charge on any atom is -0.396 e. The molecule has 0 aliphatic carbocycles. The summed E-state index contributed by atoms with van der Waals surface area (Å²) in [5.74, 6) is 1.21. The van der Waals surface area contributed by atoms with Crippen molar-refractivity contribution in [3.63, 3.8) is 0 Å². The number of fused-ring (bicyclic) bond motifs is 1. The van der Waals surface area contributed by atoms with Crippen molar-refractivity contribution in [3.05, 3.63) is 54.7 Å². The average molecular weight is 333 g/mol. The number of nitrogens with zero attached hydrogens (tertiary/aromatic N) is 3. The Morgan fingerprint density at radius 2 is 1.88 bits per heavy atom. The van der Waals surface area contributed by atoms with Crippen molar-refractivity contribution in [2.24, 2.45) is 5.92 Å². The molecule has 4 heteroatoms. The van der Waals surface area contributed by atoms with Gasteiger partial charge in [-0.2, -0.15) is 0 Å². The third kappa shape index (κ3) is 3.49. The molecule has 1 unspecified atom stereocenters. The number of benzene rings is 2. The maximum absolute atomic E-state index is 9.40. The standard InChI is InChI=1S/C21H23N3O/c25-15-16-4-3-12-24(13-10-16)21-22-11-9-20(23-21)19-8-7-17-5-1-2-6-18(17)14-19/h1-2,5-9,11,14,16,25H,3-4,10,12-13,15H2. The maximum atomic E-state index is 9.40. The molecular formula is C21H23N3O. The third-order valence-corrected chi connectivity index (χ3v) is 5.08. The van der Waals surface area contributed by atoms with Gasteiger partial charge in [0, 0.05) is 31.5 Å². The lowest BCUT2D eigenvalue weighted by Gasteiger charge is -2.20. The first-order chi connectivity index (χ1) is 12.3. The van der Waals surface area contributed by atoms with Crippen molar-refractivity contribution in [2.75, 3.05) is 24.6 Å². The van der Waals surface area contributed by atoms with E-state index in [0.717, 1.165) is 49.6 Å². The highest BCUT2D eigenvalue weighted by atomic mass is 16.3. The monoisotopic (exact) mass is 333 g/mol. The molecule has 3 aromatic rings. The Morgan fingerprint density at radius 1 is 1.00 bits per heavy atom. The lowest BCUT2D eigenvalue weighted by atomic mass is 10.0. The van der Waals surface area contributed by atoms with Crippen LogP contribution in [0.15, 0.2) is 54.7 Å². The highest BCUT2D eigenvalue weighted by Gasteiger charge is 2.18. The summed E-state index contributed by atoms with van der Waals surface area (Å²) in [6.07, 6.45) is 5.01. The summed E-state index contributed by atoms with van der Waals surface area (Å²) in [5, 5.41) is 11.9. The van der Waals surface area contributed by atoms with Crippen molar-refractivity contribution in [1.82, 2.24) is 9.97 Å². The highest BCUT2D eigenvalue weighted by molar-refractivity contribution is 5.86. The predicted octanol–water partition coefficient (Wildman–Crippen LogP) is 3.90. The second-order valence-corrected chi connectivity index (χ2v) is 6.77. The minimum atomic E-state index is 0.284. The third-order valence-electron chi connectivity index (χ3n) is 5.08. The van der Waals surface area contributed by atoms with Gasteiger partial charge in [-0.15, -0.1) is 0 Å². The van der Waals surface area contributed by atoms with E-state index < -0.39 is 0 Å². The minimum absolute atomic E-state index is 0.284. The van der Waals surface area contributed by atoms with E-state index in [0.29, 0.717) is 5.92 Å². The van der Waals surface area contributed by atoms with Gasteiger partial charge in [0.25, 0.3) is 0 Å². The molecule has 2 heterocycles. The molecule has 4 rings (SSSR count). The Kier molecular flexibility index (Phi) is 4.61. The van der Waals surface area contributed by atoms with Crippen LogP contribution in [-0.4, -0.2) is 34.8 Å². The van der Waals surface area contributed by atoms with Crippen molar-refractivity contribution in [3.8, 4) is 11.3 Å². The van der Waals surface area contributed by atoms with Gasteiger partial charge in [0.05, 0.1) is 5.69 Å². The molecule has 1 aliphatic heterocycles. The summed E-state index contributed by atoms with van der Waals surface area (Å²) in [4.78, 5) is 11.6. The lowest BCUT2D eigenvalue weighted by molar-refractivity contribution is 0.215. The van der Waals surface area contributed by atoms with Gasteiger partial charge in [0.15, 0.2) is 0 Å². The van der Waals surface area contributed by atoms with E-state index >= 15 is 0 Å². The number of aliphatic hydroxyl groups is 1. The molecule has 1 N–H and O–H groups in total. The molecule has 0 saturated carbocycles. The van der Waals surface area contributed by atoms with Gasteiger partial charge in [-0.25, -0.2) is 9.97 Å². The van der Waals surface area contributed by atoms with Gasteiger partial charge >= 0.3 is 0 Å². The molecular weight excluding hydrogens is 310 g/mol. The molecule has 1 aliphatic rings. The van der Waals surface area contributed by atoms with E-state index in [4.69, 9.17) is 4.98 Å².